The van der Waals surface area contributed by atoms with Crippen molar-refractivity contribution in [2.24, 2.45) is 5.92 Å². The molecule has 4 aromatic rings. The maximum absolute atomic E-state index is 13.7. The molecule has 6 nitrogen and oxygen atoms in total. The standard InChI is InChI=1S/C29H31N3O3/c1-20-21(2)31-28-10-7-25(14-27(20)28)29(33)32(17-23-4-3-12-30-15-23)16-22-5-8-26(9-6-22)35-19-24-11-13-34-18-24/h3-10,12,14-15,24,31H,11,13,16-19H2,1-2H3/t24-/m0/s1. The summed E-state index contributed by atoms with van der Waals surface area (Å²) in [5.41, 5.74) is 6.08. The van der Waals surface area contributed by atoms with Crippen LogP contribution in [-0.2, 0) is 17.8 Å². The van der Waals surface area contributed by atoms with E-state index in [4.69, 9.17) is 9.47 Å². The third-order valence-corrected chi connectivity index (χ3v) is 6.75. The van der Waals surface area contributed by atoms with Crippen LogP contribution in [0.4, 0.5) is 0 Å². The number of carbonyl (C=O) groups excluding carboxylic acids is 1. The van der Waals surface area contributed by atoms with Gasteiger partial charge in [-0.1, -0.05) is 18.2 Å². The highest BCUT2D eigenvalue weighted by molar-refractivity contribution is 5.99. The second-order valence-electron chi connectivity index (χ2n) is 9.34. The first-order valence-corrected chi connectivity index (χ1v) is 12.1. The molecular formula is C29H31N3O3. The summed E-state index contributed by atoms with van der Waals surface area (Å²) in [5.74, 6) is 1.30. The molecule has 2 aromatic heterocycles. The zero-order chi connectivity index (χ0) is 24.2. The van der Waals surface area contributed by atoms with Gasteiger partial charge in [-0.3, -0.25) is 9.78 Å². The van der Waals surface area contributed by atoms with Gasteiger partial charge in [0.05, 0.1) is 13.2 Å². The van der Waals surface area contributed by atoms with Crippen molar-refractivity contribution in [1.29, 1.82) is 0 Å². The van der Waals surface area contributed by atoms with Crippen LogP contribution in [0.1, 0.15) is 39.2 Å². The molecule has 5 rings (SSSR count). The predicted molar refractivity (Wildman–Crippen MR) is 136 cm³/mol. The van der Waals surface area contributed by atoms with Crippen LogP contribution in [0, 0.1) is 19.8 Å². The molecule has 0 unspecified atom stereocenters. The van der Waals surface area contributed by atoms with Crippen molar-refractivity contribution in [2.75, 3.05) is 19.8 Å². The molecule has 180 valence electrons. The van der Waals surface area contributed by atoms with Gasteiger partial charge in [-0.2, -0.15) is 0 Å². The number of nitrogens with zero attached hydrogens (tertiary/aromatic N) is 2. The second-order valence-corrected chi connectivity index (χ2v) is 9.34. The molecule has 1 saturated heterocycles. The molecule has 1 amide bonds. The van der Waals surface area contributed by atoms with Gasteiger partial charge in [0.25, 0.3) is 5.91 Å². The molecule has 35 heavy (non-hydrogen) atoms. The fourth-order valence-corrected chi connectivity index (χ4v) is 4.53. The van der Waals surface area contributed by atoms with E-state index in [9.17, 15) is 4.79 Å². The van der Waals surface area contributed by atoms with E-state index >= 15 is 0 Å². The van der Waals surface area contributed by atoms with Gasteiger partial charge >= 0.3 is 0 Å². The van der Waals surface area contributed by atoms with Crippen LogP contribution in [0.5, 0.6) is 5.75 Å². The third kappa shape index (κ3) is 5.38. The van der Waals surface area contributed by atoms with Gasteiger partial charge in [0.15, 0.2) is 0 Å². The number of aromatic amines is 1. The van der Waals surface area contributed by atoms with E-state index in [-0.39, 0.29) is 5.91 Å². The van der Waals surface area contributed by atoms with Crippen molar-refractivity contribution in [3.8, 4) is 5.75 Å². The van der Waals surface area contributed by atoms with Crippen molar-refractivity contribution >= 4 is 16.8 Å². The van der Waals surface area contributed by atoms with E-state index < -0.39 is 0 Å². The number of hydrogen-bond donors (Lipinski definition) is 1. The minimum atomic E-state index is -0.00411. The number of H-pyrrole nitrogens is 1. The first kappa shape index (κ1) is 23.1. The minimum absolute atomic E-state index is 0.00411. The number of rotatable bonds is 8. The van der Waals surface area contributed by atoms with Crippen LogP contribution in [0.2, 0.25) is 0 Å². The van der Waals surface area contributed by atoms with E-state index in [0.717, 1.165) is 53.1 Å². The number of nitrogens with one attached hydrogen (secondary N) is 1. The van der Waals surface area contributed by atoms with Crippen LogP contribution >= 0.6 is 0 Å². The number of aromatic nitrogens is 2. The summed E-state index contributed by atoms with van der Waals surface area (Å²) in [6.45, 7) is 7.38. The van der Waals surface area contributed by atoms with Crippen molar-refractivity contribution in [2.45, 2.75) is 33.4 Å². The zero-order valence-electron chi connectivity index (χ0n) is 20.3. The largest absolute Gasteiger partial charge is 0.493 e. The highest BCUT2D eigenvalue weighted by Crippen LogP contribution is 2.24. The fraction of sp³-hybridized carbons (Fsp3) is 0.310. The summed E-state index contributed by atoms with van der Waals surface area (Å²) in [5, 5.41) is 1.09. The number of amides is 1. The number of ether oxygens (including phenoxy) is 2. The molecule has 6 heteroatoms. The van der Waals surface area contributed by atoms with Crippen LogP contribution in [0.3, 0.4) is 0 Å². The average Bonchev–Trinajstić information content (AvgIpc) is 3.51. The zero-order valence-corrected chi connectivity index (χ0v) is 20.3. The van der Waals surface area contributed by atoms with Crippen LogP contribution < -0.4 is 4.74 Å². The van der Waals surface area contributed by atoms with E-state index in [1.165, 1.54) is 5.56 Å². The van der Waals surface area contributed by atoms with Gasteiger partial charge in [0, 0.05) is 60.2 Å². The lowest BCUT2D eigenvalue weighted by Crippen LogP contribution is -2.30. The molecule has 1 N–H and O–H groups in total. The second kappa shape index (κ2) is 10.3. The number of pyridine rings is 1. The highest BCUT2D eigenvalue weighted by atomic mass is 16.5. The van der Waals surface area contributed by atoms with E-state index in [1.54, 1.807) is 6.20 Å². The van der Waals surface area contributed by atoms with Crippen LogP contribution in [0.25, 0.3) is 10.9 Å². The average molecular weight is 470 g/mol. The number of benzene rings is 2. The van der Waals surface area contributed by atoms with Crippen molar-refractivity contribution < 1.29 is 14.3 Å². The number of carbonyl (C=O) groups is 1. The van der Waals surface area contributed by atoms with Crippen molar-refractivity contribution in [3.05, 3.63) is 94.9 Å². The Hall–Kier alpha value is -3.64. The lowest BCUT2D eigenvalue weighted by Gasteiger charge is -2.23. The maximum Gasteiger partial charge on any atom is 0.254 e. The summed E-state index contributed by atoms with van der Waals surface area (Å²) >= 11 is 0. The molecule has 1 fully saturated rings. The molecule has 1 aliphatic rings. The fourth-order valence-electron chi connectivity index (χ4n) is 4.53. The van der Waals surface area contributed by atoms with Crippen molar-refractivity contribution in [3.63, 3.8) is 0 Å². The molecule has 1 aliphatic heterocycles. The Bertz CT molecular complexity index is 1290. The number of aryl methyl sites for hydroxylation is 2. The highest BCUT2D eigenvalue weighted by Gasteiger charge is 2.19. The summed E-state index contributed by atoms with van der Waals surface area (Å²) in [7, 11) is 0. The number of fused-ring (bicyclic) bond motifs is 1. The molecular weight excluding hydrogens is 438 g/mol. The normalized spacial score (nSPS) is 15.4. The van der Waals surface area contributed by atoms with Gasteiger partial charge in [0.1, 0.15) is 5.75 Å². The Morgan fingerprint density at radius 3 is 2.69 bits per heavy atom. The van der Waals surface area contributed by atoms with Gasteiger partial charge in [-0.05, 0) is 73.4 Å². The minimum Gasteiger partial charge on any atom is -0.493 e. The Balaban J connectivity index is 1.35. The summed E-state index contributed by atoms with van der Waals surface area (Å²) in [6, 6.07) is 17.8. The molecule has 0 spiro atoms. The quantitative estimate of drug-likeness (QED) is 0.373. The lowest BCUT2D eigenvalue weighted by atomic mass is 10.1. The molecule has 0 bridgehead atoms. The van der Waals surface area contributed by atoms with Gasteiger partial charge in [-0.25, -0.2) is 0 Å². The first-order valence-electron chi connectivity index (χ1n) is 12.1. The Morgan fingerprint density at radius 2 is 1.94 bits per heavy atom. The molecule has 2 aromatic carbocycles. The summed E-state index contributed by atoms with van der Waals surface area (Å²) < 4.78 is 11.4. The van der Waals surface area contributed by atoms with Gasteiger partial charge < -0.3 is 19.4 Å². The Kier molecular flexibility index (Phi) is 6.82. The van der Waals surface area contributed by atoms with Crippen molar-refractivity contribution in [1.82, 2.24) is 14.9 Å². The van der Waals surface area contributed by atoms with Crippen LogP contribution in [0.15, 0.2) is 67.0 Å². The molecule has 3 heterocycles. The Morgan fingerprint density at radius 1 is 1.11 bits per heavy atom. The molecule has 0 aliphatic carbocycles. The van der Waals surface area contributed by atoms with E-state index in [2.05, 4.69) is 23.8 Å². The molecule has 0 radical (unpaired) electrons. The van der Waals surface area contributed by atoms with E-state index in [1.807, 2.05) is 65.7 Å². The maximum atomic E-state index is 13.7. The third-order valence-electron chi connectivity index (χ3n) is 6.75. The lowest BCUT2D eigenvalue weighted by molar-refractivity contribution is 0.0730. The smallest absolute Gasteiger partial charge is 0.254 e. The summed E-state index contributed by atoms with van der Waals surface area (Å²) in [4.78, 5) is 23.2. The van der Waals surface area contributed by atoms with Crippen LogP contribution in [-0.4, -0.2) is 40.6 Å². The van der Waals surface area contributed by atoms with E-state index in [0.29, 0.717) is 31.2 Å². The molecule has 0 saturated carbocycles. The Labute approximate surface area is 205 Å². The monoisotopic (exact) mass is 469 g/mol. The molecule has 1 atom stereocenters. The predicted octanol–water partition coefficient (Wildman–Crippen LogP) is 5.44. The first-order chi connectivity index (χ1) is 17.1. The number of hydrogen-bond acceptors (Lipinski definition) is 4. The topological polar surface area (TPSA) is 67.5 Å². The van der Waals surface area contributed by atoms with Gasteiger partial charge in [0.2, 0.25) is 0 Å². The SMILES string of the molecule is Cc1[nH]c2ccc(C(=O)N(Cc3ccc(OC[C@H]4CCOC4)cc3)Cc3cccnc3)cc2c1C. The van der Waals surface area contributed by atoms with Gasteiger partial charge in [-0.15, -0.1) is 0 Å². The summed E-state index contributed by atoms with van der Waals surface area (Å²) in [6.07, 6.45) is 4.61.